The molecule has 0 radical (unpaired) electrons. The number of hydrogen-bond acceptors (Lipinski definition) is 3. The molecule has 1 aromatic heterocycles. The van der Waals surface area contributed by atoms with E-state index in [1.54, 1.807) is 6.20 Å². The van der Waals surface area contributed by atoms with Gasteiger partial charge in [-0.2, -0.15) is 5.10 Å². The molecule has 0 bridgehead atoms. The van der Waals surface area contributed by atoms with E-state index in [1.807, 2.05) is 4.68 Å². The highest BCUT2D eigenvalue weighted by Gasteiger charge is 2.18. The molecule has 13 heavy (non-hydrogen) atoms. The normalized spacial score (nSPS) is 20.7. The van der Waals surface area contributed by atoms with Crippen molar-refractivity contribution in [3.8, 4) is 5.75 Å². The van der Waals surface area contributed by atoms with Crippen molar-refractivity contribution in [2.75, 3.05) is 20.1 Å². The molecule has 1 aliphatic heterocycles. The van der Waals surface area contributed by atoms with Crippen LogP contribution in [-0.4, -0.2) is 39.9 Å². The van der Waals surface area contributed by atoms with Crippen LogP contribution in [0.1, 0.15) is 18.9 Å². The quantitative estimate of drug-likeness (QED) is 0.698. The van der Waals surface area contributed by atoms with Crippen LogP contribution in [0.25, 0.3) is 0 Å². The lowest BCUT2D eigenvalue weighted by atomic mass is 10.1. The molecule has 1 aromatic rings. The van der Waals surface area contributed by atoms with Gasteiger partial charge in [0, 0.05) is 0 Å². The third-order valence-electron chi connectivity index (χ3n) is 2.65. The Kier molecular flexibility index (Phi) is 2.22. The molecule has 1 fully saturated rings. The third-order valence-corrected chi connectivity index (χ3v) is 2.65. The van der Waals surface area contributed by atoms with E-state index in [0.717, 1.165) is 25.9 Å². The maximum atomic E-state index is 9.14. The third kappa shape index (κ3) is 1.83. The van der Waals surface area contributed by atoms with Gasteiger partial charge < -0.3 is 10.0 Å². The number of piperidine rings is 1. The lowest BCUT2D eigenvalue weighted by molar-refractivity contribution is 0.212. The zero-order chi connectivity index (χ0) is 9.26. The summed E-state index contributed by atoms with van der Waals surface area (Å²) in [4.78, 5) is 2.32. The molecule has 0 saturated carbocycles. The predicted molar refractivity (Wildman–Crippen MR) is 49.7 cm³/mol. The standard InChI is InChI=1S/C9H15N3O/c1-11-4-2-8(3-5-11)12-7-9(13)6-10-12/h6-8,13H,2-5H2,1H3. The summed E-state index contributed by atoms with van der Waals surface area (Å²) >= 11 is 0. The number of rotatable bonds is 1. The number of aromatic nitrogens is 2. The smallest absolute Gasteiger partial charge is 0.153 e. The summed E-state index contributed by atoms with van der Waals surface area (Å²) in [6, 6.07) is 0.470. The fraction of sp³-hybridized carbons (Fsp3) is 0.667. The first-order chi connectivity index (χ1) is 6.25. The lowest BCUT2D eigenvalue weighted by Crippen LogP contribution is -2.31. The molecule has 0 spiro atoms. The number of hydrogen-bond donors (Lipinski definition) is 1. The van der Waals surface area contributed by atoms with Gasteiger partial charge in [-0.3, -0.25) is 4.68 Å². The molecule has 1 aliphatic rings. The molecular weight excluding hydrogens is 166 g/mol. The van der Waals surface area contributed by atoms with E-state index < -0.39 is 0 Å². The zero-order valence-electron chi connectivity index (χ0n) is 7.85. The highest BCUT2D eigenvalue weighted by Crippen LogP contribution is 2.22. The second-order valence-electron chi connectivity index (χ2n) is 3.71. The van der Waals surface area contributed by atoms with Crippen molar-refractivity contribution in [1.29, 1.82) is 0 Å². The summed E-state index contributed by atoms with van der Waals surface area (Å²) in [5.41, 5.74) is 0. The van der Waals surface area contributed by atoms with Gasteiger partial charge in [0.25, 0.3) is 0 Å². The molecule has 4 heteroatoms. The van der Waals surface area contributed by atoms with Gasteiger partial charge in [-0.1, -0.05) is 0 Å². The molecule has 0 aliphatic carbocycles. The van der Waals surface area contributed by atoms with Crippen molar-refractivity contribution in [2.45, 2.75) is 18.9 Å². The first-order valence-electron chi connectivity index (χ1n) is 4.67. The van der Waals surface area contributed by atoms with Crippen molar-refractivity contribution < 1.29 is 5.11 Å². The van der Waals surface area contributed by atoms with Crippen LogP contribution in [-0.2, 0) is 0 Å². The number of likely N-dealkylation sites (tertiary alicyclic amines) is 1. The predicted octanol–water partition coefficient (Wildman–Crippen LogP) is 0.855. The average molecular weight is 181 g/mol. The Bertz CT molecular complexity index is 276. The minimum atomic E-state index is 0.263. The van der Waals surface area contributed by atoms with Crippen molar-refractivity contribution in [2.24, 2.45) is 0 Å². The highest BCUT2D eigenvalue weighted by molar-refractivity contribution is 5.09. The van der Waals surface area contributed by atoms with Gasteiger partial charge in [0.15, 0.2) is 5.75 Å². The van der Waals surface area contributed by atoms with Crippen LogP contribution in [0.15, 0.2) is 12.4 Å². The summed E-state index contributed by atoms with van der Waals surface area (Å²) in [5.74, 6) is 0.263. The molecule has 0 amide bonds. The van der Waals surface area contributed by atoms with Gasteiger partial charge in [0.1, 0.15) is 0 Å². The molecule has 0 aromatic carbocycles. The molecular formula is C9H15N3O. The van der Waals surface area contributed by atoms with Crippen LogP contribution in [0.3, 0.4) is 0 Å². The minimum absolute atomic E-state index is 0.263. The maximum Gasteiger partial charge on any atom is 0.153 e. The van der Waals surface area contributed by atoms with Crippen LogP contribution in [0.2, 0.25) is 0 Å². The average Bonchev–Trinajstić information content (AvgIpc) is 2.53. The van der Waals surface area contributed by atoms with E-state index in [-0.39, 0.29) is 5.75 Å². The Morgan fingerprint density at radius 3 is 2.69 bits per heavy atom. The summed E-state index contributed by atoms with van der Waals surface area (Å²) < 4.78 is 1.88. The lowest BCUT2D eigenvalue weighted by Gasteiger charge is -2.28. The van der Waals surface area contributed by atoms with E-state index >= 15 is 0 Å². The molecule has 2 heterocycles. The van der Waals surface area contributed by atoms with Crippen LogP contribution in [0.5, 0.6) is 5.75 Å². The number of nitrogens with zero attached hydrogens (tertiary/aromatic N) is 3. The first-order valence-corrected chi connectivity index (χ1v) is 4.67. The van der Waals surface area contributed by atoms with Crippen molar-refractivity contribution in [3.63, 3.8) is 0 Å². The van der Waals surface area contributed by atoms with Crippen LogP contribution >= 0.6 is 0 Å². The van der Waals surface area contributed by atoms with E-state index in [4.69, 9.17) is 5.11 Å². The monoisotopic (exact) mass is 181 g/mol. The fourth-order valence-corrected chi connectivity index (χ4v) is 1.79. The van der Waals surface area contributed by atoms with Gasteiger partial charge in [0.2, 0.25) is 0 Å². The Hall–Kier alpha value is -1.03. The van der Waals surface area contributed by atoms with Crippen molar-refractivity contribution >= 4 is 0 Å². The summed E-state index contributed by atoms with van der Waals surface area (Å²) in [6.07, 6.45) is 5.45. The largest absolute Gasteiger partial charge is 0.505 e. The Morgan fingerprint density at radius 1 is 1.46 bits per heavy atom. The number of aromatic hydroxyl groups is 1. The second-order valence-corrected chi connectivity index (χ2v) is 3.71. The van der Waals surface area contributed by atoms with Crippen LogP contribution in [0, 0.1) is 0 Å². The van der Waals surface area contributed by atoms with Gasteiger partial charge in [0.05, 0.1) is 18.4 Å². The van der Waals surface area contributed by atoms with Gasteiger partial charge in [-0.25, -0.2) is 0 Å². The zero-order valence-corrected chi connectivity index (χ0v) is 7.85. The molecule has 0 unspecified atom stereocenters. The fourth-order valence-electron chi connectivity index (χ4n) is 1.79. The minimum Gasteiger partial charge on any atom is -0.505 e. The van der Waals surface area contributed by atoms with E-state index in [0.29, 0.717) is 6.04 Å². The van der Waals surface area contributed by atoms with E-state index in [9.17, 15) is 0 Å². The summed E-state index contributed by atoms with van der Waals surface area (Å²) in [6.45, 7) is 2.23. The van der Waals surface area contributed by atoms with E-state index in [1.165, 1.54) is 6.20 Å². The Morgan fingerprint density at radius 2 is 2.15 bits per heavy atom. The van der Waals surface area contributed by atoms with Gasteiger partial charge in [-0.15, -0.1) is 0 Å². The Balaban J connectivity index is 2.02. The maximum absolute atomic E-state index is 9.14. The van der Waals surface area contributed by atoms with Crippen LogP contribution in [0.4, 0.5) is 0 Å². The summed E-state index contributed by atoms with van der Waals surface area (Å²) in [5, 5.41) is 13.3. The highest BCUT2D eigenvalue weighted by atomic mass is 16.3. The van der Waals surface area contributed by atoms with Crippen LogP contribution < -0.4 is 0 Å². The van der Waals surface area contributed by atoms with E-state index in [2.05, 4.69) is 17.0 Å². The van der Waals surface area contributed by atoms with Crippen molar-refractivity contribution in [3.05, 3.63) is 12.4 Å². The molecule has 2 rings (SSSR count). The molecule has 4 nitrogen and oxygen atoms in total. The molecule has 0 atom stereocenters. The van der Waals surface area contributed by atoms with Gasteiger partial charge >= 0.3 is 0 Å². The Labute approximate surface area is 77.8 Å². The molecule has 1 N–H and O–H groups in total. The first kappa shape index (κ1) is 8.56. The van der Waals surface area contributed by atoms with Gasteiger partial charge in [-0.05, 0) is 33.0 Å². The molecule has 1 saturated heterocycles. The topological polar surface area (TPSA) is 41.3 Å². The van der Waals surface area contributed by atoms with Crippen molar-refractivity contribution in [1.82, 2.24) is 14.7 Å². The SMILES string of the molecule is CN1CCC(n2cc(O)cn2)CC1. The summed E-state index contributed by atoms with van der Waals surface area (Å²) in [7, 11) is 2.14. The second kappa shape index (κ2) is 3.38. The molecule has 72 valence electrons.